The third kappa shape index (κ3) is 6.76. The Labute approximate surface area is 145 Å². The highest BCUT2D eigenvalue weighted by molar-refractivity contribution is 6.01. The maximum Gasteiger partial charge on any atom is 0.334 e. The number of Topliss-reactive ketones (excluding diaryl/α,β-unsaturated/α-hetero) is 1. The van der Waals surface area contributed by atoms with Gasteiger partial charge in [-0.15, -0.1) is 0 Å². The standard InChI is InChI=1S/C18H22O7/c1-11(9-15(19)20)17(22)24-10-12(2)25-14-7-5-13(6-8-14)16(21)18(3,4)23/h5-9,12,23H,10H2,1-4H3,(H,19,20)/b11-9+. The van der Waals surface area contributed by atoms with E-state index < -0.39 is 29.4 Å². The number of hydrogen-bond donors (Lipinski definition) is 2. The number of carboxylic acids is 1. The fourth-order valence-corrected chi connectivity index (χ4v) is 1.86. The topological polar surface area (TPSA) is 110 Å². The molecule has 1 unspecified atom stereocenters. The smallest absolute Gasteiger partial charge is 0.334 e. The SMILES string of the molecule is C/C(=C\C(=O)O)C(=O)OCC(C)Oc1ccc(C(=O)C(C)(C)O)cc1. The summed E-state index contributed by atoms with van der Waals surface area (Å²) in [5, 5.41) is 18.3. The fraction of sp³-hybridized carbons (Fsp3) is 0.389. The third-order valence-electron chi connectivity index (χ3n) is 3.12. The van der Waals surface area contributed by atoms with Crippen LogP contribution in [-0.2, 0) is 14.3 Å². The van der Waals surface area contributed by atoms with Crippen molar-refractivity contribution < 1.29 is 34.1 Å². The minimum atomic E-state index is -1.45. The van der Waals surface area contributed by atoms with Crippen LogP contribution >= 0.6 is 0 Å². The molecule has 0 saturated carbocycles. The highest BCUT2D eigenvalue weighted by Crippen LogP contribution is 2.18. The summed E-state index contributed by atoms with van der Waals surface area (Å²) in [5.41, 5.74) is -1.12. The van der Waals surface area contributed by atoms with E-state index in [0.29, 0.717) is 11.3 Å². The molecule has 0 aliphatic heterocycles. The molecule has 0 aliphatic carbocycles. The first-order chi connectivity index (χ1) is 11.5. The number of carbonyl (C=O) groups is 3. The van der Waals surface area contributed by atoms with Crippen molar-refractivity contribution in [2.24, 2.45) is 0 Å². The molecule has 136 valence electrons. The van der Waals surface area contributed by atoms with Crippen molar-refractivity contribution in [3.8, 4) is 5.75 Å². The van der Waals surface area contributed by atoms with Gasteiger partial charge in [0, 0.05) is 17.2 Å². The first kappa shape index (κ1) is 20.4. The Kier molecular flexibility index (Phi) is 6.87. The molecule has 1 rings (SSSR count). The number of ether oxygens (including phenoxy) is 2. The number of benzene rings is 1. The van der Waals surface area contributed by atoms with Crippen molar-refractivity contribution in [2.45, 2.75) is 39.4 Å². The predicted octanol–water partition coefficient (Wildman–Crippen LogP) is 1.98. The average molecular weight is 350 g/mol. The second-order valence-corrected chi connectivity index (χ2v) is 6.11. The molecule has 0 aliphatic rings. The zero-order valence-corrected chi connectivity index (χ0v) is 14.6. The molecule has 0 amide bonds. The van der Waals surface area contributed by atoms with Crippen LogP contribution in [0.1, 0.15) is 38.1 Å². The molecular formula is C18H22O7. The van der Waals surface area contributed by atoms with Gasteiger partial charge in [0.05, 0.1) is 0 Å². The van der Waals surface area contributed by atoms with E-state index in [1.165, 1.54) is 32.9 Å². The number of carboxylic acid groups (broad SMARTS) is 1. The lowest BCUT2D eigenvalue weighted by Gasteiger charge is -2.17. The number of ketones is 1. The van der Waals surface area contributed by atoms with Crippen molar-refractivity contribution >= 4 is 17.7 Å². The van der Waals surface area contributed by atoms with E-state index in [-0.39, 0.29) is 12.2 Å². The van der Waals surface area contributed by atoms with Gasteiger partial charge in [0.25, 0.3) is 0 Å². The zero-order valence-electron chi connectivity index (χ0n) is 14.6. The van der Waals surface area contributed by atoms with Gasteiger partial charge >= 0.3 is 11.9 Å². The Morgan fingerprint density at radius 1 is 1.20 bits per heavy atom. The minimum Gasteiger partial charge on any atom is -0.487 e. The number of esters is 1. The Bertz CT molecular complexity index is 666. The van der Waals surface area contributed by atoms with Gasteiger partial charge in [-0.25, -0.2) is 9.59 Å². The van der Waals surface area contributed by atoms with Gasteiger partial charge in [-0.05, 0) is 52.0 Å². The lowest BCUT2D eigenvalue weighted by atomic mass is 9.97. The molecule has 0 radical (unpaired) electrons. The number of hydrogen-bond acceptors (Lipinski definition) is 6. The number of rotatable bonds is 8. The predicted molar refractivity (Wildman–Crippen MR) is 89.5 cm³/mol. The summed E-state index contributed by atoms with van der Waals surface area (Å²) in [7, 11) is 0. The molecule has 0 bridgehead atoms. The molecule has 0 spiro atoms. The average Bonchev–Trinajstić information content (AvgIpc) is 2.51. The van der Waals surface area contributed by atoms with Gasteiger partial charge in [-0.2, -0.15) is 0 Å². The summed E-state index contributed by atoms with van der Waals surface area (Å²) in [4.78, 5) is 34.0. The fourth-order valence-electron chi connectivity index (χ4n) is 1.86. The van der Waals surface area contributed by atoms with Crippen molar-refractivity contribution in [1.29, 1.82) is 0 Å². The van der Waals surface area contributed by atoms with Crippen LogP contribution in [0.15, 0.2) is 35.9 Å². The summed E-state index contributed by atoms with van der Waals surface area (Å²) < 4.78 is 10.5. The van der Waals surface area contributed by atoms with Gasteiger partial charge < -0.3 is 19.7 Å². The Hall–Kier alpha value is -2.67. The number of aliphatic carboxylic acids is 1. The van der Waals surface area contributed by atoms with Gasteiger partial charge in [0.2, 0.25) is 0 Å². The van der Waals surface area contributed by atoms with Crippen molar-refractivity contribution in [3.63, 3.8) is 0 Å². The first-order valence-corrected chi connectivity index (χ1v) is 7.63. The summed E-state index contributed by atoms with van der Waals surface area (Å²) in [6.07, 6.45) is 0.295. The van der Waals surface area contributed by atoms with E-state index in [4.69, 9.17) is 14.6 Å². The molecule has 1 aromatic rings. The van der Waals surface area contributed by atoms with Crippen LogP contribution in [0.3, 0.4) is 0 Å². The van der Waals surface area contributed by atoms with E-state index in [9.17, 15) is 19.5 Å². The maximum absolute atomic E-state index is 11.9. The van der Waals surface area contributed by atoms with Gasteiger partial charge in [-0.3, -0.25) is 4.79 Å². The first-order valence-electron chi connectivity index (χ1n) is 7.63. The van der Waals surface area contributed by atoms with Crippen LogP contribution < -0.4 is 4.74 Å². The van der Waals surface area contributed by atoms with Crippen LogP contribution in [0.5, 0.6) is 5.75 Å². The Morgan fingerprint density at radius 3 is 2.24 bits per heavy atom. The van der Waals surface area contributed by atoms with E-state index in [0.717, 1.165) is 6.08 Å². The van der Waals surface area contributed by atoms with Crippen LogP contribution in [0.4, 0.5) is 0 Å². The van der Waals surface area contributed by atoms with Crippen LogP contribution in [0, 0.1) is 0 Å². The van der Waals surface area contributed by atoms with Crippen molar-refractivity contribution in [2.75, 3.05) is 6.61 Å². The summed E-state index contributed by atoms with van der Waals surface area (Å²) in [6.45, 7) is 5.79. The van der Waals surface area contributed by atoms with E-state index in [1.807, 2.05) is 0 Å². The monoisotopic (exact) mass is 350 g/mol. The van der Waals surface area contributed by atoms with E-state index in [2.05, 4.69) is 0 Å². The summed E-state index contributed by atoms with van der Waals surface area (Å²) >= 11 is 0. The molecule has 1 aromatic carbocycles. The number of carbonyl (C=O) groups excluding carboxylic acids is 2. The van der Waals surface area contributed by atoms with Crippen molar-refractivity contribution in [1.82, 2.24) is 0 Å². The largest absolute Gasteiger partial charge is 0.487 e. The normalized spacial score (nSPS) is 13.1. The maximum atomic E-state index is 11.9. The number of aliphatic hydroxyl groups is 1. The minimum absolute atomic E-state index is 0.0193. The van der Waals surface area contributed by atoms with Crippen LogP contribution in [-0.4, -0.2) is 46.2 Å². The molecule has 7 heteroatoms. The van der Waals surface area contributed by atoms with Gasteiger partial charge in [-0.1, -0.05) is 0 Å². The third-order valence-corrected chi connectivity index (χ3v) is 3.12. The molecule has 0 saturated heterocycles. The lowest BCUT2D eigenvalue weighted by Crippen LogP contribution is -2.31. The zero-order chi connectivity index (χ0) is 19.2. The van der Waals surface area contributed by atoms with Gasteiger partial charge in [0.1, 0.15) is 24.1 Å². The quantitative estimate of drug-likeness (QED) is 0.419. The molecule has 1 atom stereocenters. The van der Waals surface area contributed by atoms with E-state index in [1.54, 1.807) is 19.1 Å². The molecule has 2 N–H and O–H groups in total. The van der Waals surface area contributed by atoms with Crippen LogP contribution in [0.2, 0.25) is 0 Å². The van der Waals surface area contributed by atoms with Crippen LogP contribution in [0.25, 0.3) is 0 Å². The summed E-state index contributed by atoms with van der Waals surface area (Å²) in [5.74, 6) is -1.89. The highest BCUT2D eigenvalue weighted by Gasteiger charge is 2.25. The molecule has 7 nitrogen and oxygen atoms in total. The molecule has 25 heavy (non-hydrogen) atoms. The van der Waals surface area contributed by atoms with Gasteiger partial charge in [0.15, 0.2) is 5.78 Å². The second-order valence-electron chi connectivity index (χ2n) is 6.11. The molecule has 0 fully saturated rings. The van der Waals surface area contributed by atoms with Crippen molar-refractivity contribution in [3.05, 3.63) is 41.5 Å². The molecule has 0 aromatic heterocycles. The Balaban J connectivity index is 2.58. The Morgan fingerprint density at radius 2 is 1.76 bits per heavy atom. The lowest BCUT2D eigenvalue weighted by molar-refractivity contribution is -0.141. The highest BCUT2D eigenvalue weighted by atomic mass is 16.6. The molecule has 0 heterocycles. The molecular weight excluding hydrogens is 328 g/mol. The second kappa shape index (κ2) is 8.43. The van der Waals surface area contributed by atoms with E-state index >= 15 is 0 Å². The summed E-state index contributed by atoms with van der Waals surface area (Å²) in [6, 6.07) is 6.22.